The second-order valence-corrected chi connectivity index (χ2v) is 3.59. The smallest absolute Gasteiger partial charge is 0.374 e. The highest BCUT2D eigenvalue weighted by Gasteiger charge is 2.13. The van der Waals surface area contributed by atoms with E-state index in [0.29, 0.717) is 6.42 Å². The topological polar surface area (TPSA) is 48.3 Å². The zero-order valence-electron chi connectivity index (χ0n) is 9.73. The van der Waals surface area contributed by atoms with Crippen molar-refractivity contribution in [3.8, 4) is 0 Å². The molecule has 0 saturated heterocycles. The summed E-state index contributed by atoms with van der Waals surface area (Å²) in [5.74, 6) is -1.15. The first-order chi connectivity index (χ1) is 7.65. The van der Waals surface area contributed by atoms with Crippen molar-refractivity contribution in [1.29, 1.82) is 0 Å². The Balaban J connectivity index is 2.28. The molecule has 0 aliphatic rings. The molecule has 16 heavy (non-hydrogen) atoms. The normalized spacial score (nSPS) is 10.1. The molecule has 1 aromatic rings. The molecule has 0 aliphatic carbocycles. The third-order valence-electron chi connectivity index (χ3n) is 2.36. The van der Waals surface area contributed by atoms with Crippen molar-refractivity contribution in [2.45, 2.75) is 33.2 Å². The molecule has 0 aromatic carbocycles. The maximum Gasteiger partial charge on any atom is 0.374 e. The van der Waals surface area contributed by atoms with E-state index in [1.165, 1.54) is 0 Å². The lowest BCUT2D eigenvalue weighted by atomic mass is 10.2. The van der Waals surface area contributed by atoms with Crippen molar-refractivity contribution >= 4 is 11.8 Å². The number of Topliss-reactive ketones (excluding diaryl/α,β-unsaturated/α-hetero) is 1. The number of rotatable bonds is 6. The van der Waals surface area contributed by atoms with Crippen molar-refractivity contribution in [3.05, 3.63) is 24.0 Å². The molecule has 1 heterocycles. The van der Waals surface area contributed by atoms with Crippen LogP contribution in [0, 0.1) is 6.92 Å². The van der Waals surface area contributed by atoms with Gasteiger partial charge >= 0.3 is 5.97 Å². The number of hydrogen-bond donors (Lipinski definition) is 0. The van der Waals surface area contributed by atoms with Crippen LogP contribution in [0.5, 0.6) is 0 Å². The molecule has 88 valence electrons. The maximum absolute atomic E-state index is 11.3. The van der Waals surface area contributed by atoms with Crippen LogP contribution in [0.25, 0.3) is 0 Å². The fourth-order valence-electron chi connectivity index (χ4n) is 1.47. The predicted molar refractivity (Wildman–Crippen MR) is 60.0 cm³/mol. The fraction of sp³-hybridized carbons (Fsp3) is 0.500. The zero-order chi connectivity index (χ0) is 12.0. The molecule has 0 aliphatic heterocycles. The molecule has 0 N–H and O–H groups in total. The second kappa shape index (κ2) is 6.10. The summed E-state index contributed by atoms with van der Waals surface area (Å²) in [6.07, 6.45) is 2.87. The van der Waals surface area contributed by atoms with Gasteiger partial charge in [-0.25, -0.2) is 4.79 Å². The maximum atomic E-state index is 11.3. The lowest BCUT2D eigenvalue weighted by molar-refractivity contribution is -0.153. The largest absolute Gasteiger partial charge is 0.460 e. The van der Waals surface area contributed by atoms with Gasteiger partial charge in [-0.2, -0.15) is 0 Å². The van der Waals surface area contributed by atoms with E-state index in [-0.39, 0.29) is 13.0 Å². The Kier molecular flexibility index (Phi) is 4.76. The number of carbonyl (C=O) groups excluding carboxylic acids is 2. The van der Waals surface area contributed by atoms with Crippen LogP contribution in [0.15, 0.2) is 18.3 Å². The number of ketones is 1. The lowest BCUT2D eigenvalue weighted by Crippen LogP contribution is -2.17. The highest BCUT2D eigenvalue weighted by atomic mass is 16.5. The number of nitrogens with zero attached hydrogens (tertiary/aromatic N) is 1. The molecule has 4 nitrogen and oxygen atoms in total. The standard InChI is InChI=1S/C12H17NO3/c1-3-16-12(15)11(14)7-5-9-13-8-4-6-10(13)2/h4,6,8H,3,5,7,9H2,1-2H3. The zero-order valence-corrected chi connectivity index (χ0v) is 9.73. The van der Waals surface area contributed by atoms with Crippen molar-refractivity contribution in [2.75, 3.05) is 6.61 Å². The summed E-state index contributed by atoms with van der Waals surface area (Å²) in [6, 6.07) is 3.97. The monoisotopic (exact) mass is 223 g/mol. The van der Waals surface area contributed by atoms with Gasteiger partial charge in [0.05, 0.1) is 6.61 Å². The number of hydrogen-bond acceptors (Lipinski definition) is 3. The van der Waals surface area contributed by atoms with E-state index in [1.807, 2.05) is 25.3 Å². The lowest BCUT2D eigenvalue weighted by Gasteiger charge is -2.05. The summed E-state index contributed by atoms with van der Waals surface area (Å²) in [7, 11) is 0. The minimum Gasteiger partial charge on any atom is -0.460 e. The fourth-order valence-corrected chi connectivity index (χ4v) is 1.47. The number of esters is 1. The molecule has 1 rings (SSSR count). The van der Waals surface area contributed by atoms with Crippen LogP contribution in [0.4, 0.5) is 0 Å². The van der Waals surface area contributed by atoms with Crippen LogP contribution in [0.3, 0.4) is 0 Å². The van der Waals surface area contributed by atoms with Gasteiger partial charge in [0.1, 0.15) is 0 Å². The minimum atomic E-state index is -0.716. The van der Waals surface area contributed by atoms with Crippen LogP contribution in [-0.4, -0.2) is 22.9 Å². The van der Waals surface area contributed by atoms with E-state index in [2.05, 4.69) is 9.30 Å². The third kappa shape index (κ3) is 3.53. The van der Waals surface area contributed by atoms with Gasteiger partial charge in [-0.15, -0.1) is 0 Å². The summed E-state index contributed by atoms with van der Waals surface area (Å²) in [5.41, 5.74) is 1.16. The molecule has 0 spiro atoms. The highest BCUT2D eigenvalue weighted by molar-refractivity contribution is 6.33. The van der Waals surface area contributed by atoms with Crippen molar-refractivity contribution in [1.82, 2.24) is 4.57 Å². The Morgan fingerprint density at radius 1 is 1.44 bits per heavy atom. The molecule has 4 heteroatoms. The molecule has 0 saturated carbocycles. The number of aromatic nitrogens is 1. The Morgan fingerprint density at radius 2 is 2.19 bits per heavy atom. The van der Waals surface area contributed by atoms with Crippen molar-refractivity contribution in [3.63, 3.8) is 0 Å². The first kappa shape index (κ1) is 12.5. The molecule has 0 unspecified atom stereocenters. The van der Waals surface area contributed by atoms with E-state index in [9.17, 15) is 9.59 Å². The van der Waals surface area contributed by atoms with Gasteiger partial charge in [-0.3, -0.25) is 4.79 Å². The number of aryl methyl sites for hydroxylation is 2. The third-order valence-corrected chi connectivity index (χ3v) is 2.36. The Hall–Kier alpha value is -1.58. The second-order valence-electron chi connectivity index (χ2n) is 3.59. The quantitative estimate of drug-likeness (QED) is 0.545. The van der Waals surface area contributed by atoms with E-state index in [0.717, 1.165) is 12.2 Å². The first-order valence-electron chi connectivity index (χ1n) is 5.47. The van der Waals surface area contributed by atoms with Crippen LogP contribution >= 0.6 is 0 Å². The summed E-state index contributed by atoms with van der Waals surface area (Å²) in [4.78, 5) is 22.3. The molecular formula is C12H17NO3. The SMILES string of the molecule is CCOC(=O)C(=O)CCCn1cccc1C. The van der Waals surface area contributed by atoms with Gasteiger partial charge in [0, 0.05) is 24.9 Å². The van der Waals surface area contributed by atoms with E-state index >= 15 is 0 Å². The summed E-state index contributed by atoms with van der Waals surface area (Å²) < 4.78 is 6.67. The molecule has 0 bridgehead atoms. The molecule has 0 fully saturated rings. The Labute approximate surface area is 95.2 Å². The van der Waals surface area contributed by atoms with Crippen LogP contribution in [-0.2, 0) is 20.9 Å². The van der Waals surface area contributed by atoms with Gasteiger partial charge in [-0.1, -0.05) is 0 Å². The minimum absolute atomic E-state index is 0.246. The summed E-state index contributed by atoms with van der Waals surface area (Å²) in [6.45, 7) is 4.70. The molecule has 0 amide bonds. The van der Waals surface area contributed by atoms with E-state index < -0.39 is 11.8 Å². The van der Waals surface area contributed by atoms with Gasteiger partial charge in [0.15, 0.2) is 0 Å². The molecule has 0 radical (unpaired) electrons. The average Bonchev–Trinajstić information content (AvgIpc) is 2.65. The molecule has 1 aromatic heterocycles. The predicted octanol–water partition coefficient (Wildman–Crippen LogP) is 1.71. The summed E-state index contributed by atoms with van der Waals surface area (Å²) in [5, 5.41) is 0. The highest BCUT2D eigenvalue weighted by Crippen LogP contribution is 2.03. The van der Waals surface area contributed by atoms with Gasteiger partial charge in [0.2, 0.25) is 5.78 Å². The van der Waals surface area contributed by atoms with Crippen LogP contribution in [0.1, 0.15) is 25.5 Å². The van der Waals surface area contributed by atoms with Gasteiger partial charge in [-0.05, 0) is 32.4 Å². The van der Waals surface area contributed by atoms with Crippen LogP contribution < -0.4 is 0 Å². The van der Waals surface area contributed by atoms with E-state index in [1.54, 1.807) is 6.92 Å². The van der Waals surface area contributed by atoms with Gasteiger partial charge < -0.3 is 9.30 Å². The first-order valence-corrected chi connectivity index (χ1v) is 5.47. The summed E-state index contributed by atoms with van der Waals surface area (Å²) >= 11 is 0. The van der Waals surface area contributed by atoms with Crippen molar-refractivity contribution in [2.24, 2.45) is 0 Å². The molecule has 0 atom stereocenters. The number of carbonyl (C=O) groups is 2. The van der Waals surface area contributed by atoms with Crippen LogP contribution in [0.2, 0.25) is 0 Å². The molecular weight excluding hydrogens is 206 g/mol. The average molecular weight is 223 g/mol. The van der Waals surface area contributed by atoms with E-state index in [4.69, 9.17) is 0 Å². The Bertz CT molecular complexity index is 368. The van der Waals surface area contributed by atoms with Gasteiger partial charge in [0.25, 0.3) is 0 Å². The number of ether oxygens (including phenoxy) is 1. The van der Waals surface area contributed by atoms with Crippen molar-refractivity contribution < 1.29 is 14.3 Å². The Morgan fingerprint density at radius 3 is 2.75 bits per heavy atom.